The molecule has 6 N–H and O–H groups in total. The molecule has 0 saturated heterocycles. The van der Waals surface area contributed by atoms with Gasteiger partial charge in [0.25, 0.3) is 0 Å². The minimum absolute atomic E-state index is 0.0632. The molecule has 0 aromatic heterocycles. The fourth-order valence-corrected chi connectivity index (χ4v) is 1.73. The fraction of sp³-hybridized carbons (Fsp3) is 0.714. The van der Waals surface area contributed by atoms with E-state index in [0.29, 0.717) is 0 Å². The molecule has 0 aliphatic rings. The number of hydrogen-bond acceptors (Lipinski definition) is 14. The van der Waals surface area contributed by atoms with Crippen molar-refractivity contribution in [2.45, 2.75) is 44.9 Å². The first-order valence-corrected chi connectivity index (χ1v) is 11.0. The van der Waals surface area contributed by atoms with Crippen LogP contribution < -0.4 is 0 Å². The molecule has 0 unspecified atom stereocenters. The maximum Gasteiger partial charge on any atom is 0.306 e. The Bertz CT molecular complexity index is 554. The molecule has 16 nitrogen and oxygen atoms in total. The van der Waals surface area contributed by atoms with Gasteiger partial charge in [-0.3, -0.25) is 28.8 Å². The number of aliphatic hydroxyl groups excluding tert-OH is 4. The van der Waals surface area contributed by atoms with E-state index >= 15 is 0 Å². The summed E-state index contributed by atoms with van der Waals surface area (Å²) in [6, 6.07) is 0. The number of aliphatic hydroxyl groups is 4. The molecule has 216 valence electrons. The number of esters is 4. The van der Waals surface area contributed by atoms with Crippen molar-refractivity contribution in [3.05, 3.63) is 0 Å². The Morgan fingerprint density at radius 2 is 0.622 bits per heavy atom. The van der Waals surface area contributed by atoms with E-state index in [1.165, 1.54) is 0 Å². The van der Waals surface area contributed by atoms with Crippen molar-refractivity contribution < 1.29 is 78.4 Å². The van der Waals surface area contributed by atoms with Gasteiger partial charge in [-0.2, -0.15) is 0 Å². The lowest BCUT2D eigenvalue weighted by atomic mass is 10.2. The van der Waals surface area contributed by atoms with Crippen LogP contribution in [-0.4, -0.2) is 119 Å². The van der Waals surface area contributed by atoms with Crippen LogP contribution in [0.25, 0.3) is 0 Å². The van der Waals surface area contributed by atoms with Crippen molar-refractivity contribution in [1.82, 2.24) is 0 Å². The molecule has 0 spiro atoms. The summed E-state index contributed by atoms with van der Waals surface area (Å²) in [6.45, 7) is -1.20. The highest BCUT2D eigenvalue weighted by molar-refractivity contribution is 5.78. The van der Waals surface area contributed by atoms with Crippen molar-refractivity contribution in [2.24, 2.45) is 0 Å². The lowest BCUT2D eigenvalue weighted by Gasteiger charge is -2.03. The van der Waals surface area contributed by atoms with E-state index < -0.39 is 35.8 Å². The second-order valence-electron chi connectivity index (χ2n) is 6.42. The molecule has 37 heavy (non-hydrogen) atoms. The highest BCUT2D eigenvalue weighted by Gasteiger charge is 2.09. The topological polar surface area (TPSA) is 261 Å². The van der Waals surface area contributed by atoms with Crippen LogP contribution in [0.3, 0.4) is 0 Å². The molecule has 0 aromatic carbocycles. The Morgan fingerprint density at radius 1 is 0.405 bits per heavy atom. The zero-order chi connectivity index (χ0) is 28.9. The van der Waals surface area contributed by atoms with Crippen LogP contribution in [0.5, 0.6) is 0 Å². The molecule has 0 saturated carbocycles. The van der Waals surface area contributed by atoms with Crippen LogP contribution in [0.1, 0.15) is 44.9 Å². The number of rotatable bonds is 18. The van der Waals surface area contributed by atoms with Gasteiger partial charge in [0.1, 0.15) is 26.4 Å². The molecule has 16 heteroatoms. The van der Waals surface area contributed by atoms with Gasteiger partial charge in [-0.15, -0.1) is 0 Å². The van der Waals surface area contributed by atoms with Crippen LogP contribution in [0.2, 0.25) is 0 Å². The monoisotopic (exact) mass is 544 g/mol. The molecule has 0 fully saturated rings. The van der Waals surface area contributed by atoms with Crippen molar-refractivity contribution in [3.63, 3.8) is 0 Å². The lowest BCUT2D eigenvalue weighted by molar-refractivity contribution is -0.151. The van der Waals surface area contributed by atoms with Gasteiger partial charge in [0.2, 0.25) is 0 Å². The van der Waals surface area contributed by atoms with Gasteiger partial charge in [0, 0.05) is 12.8 Å². The zero-order valence-electron chi connectivity index (χ0n) is 20.4. The first-order valence-electron chi connectivity index (χ1n) is 11.0. The van der Waals surface area contributed by atoms with E-state index in [4.69, 9.17) is 30.6 Å². The van der Waals surface area contributed by atoms with Crippen LogP contribution in [0, 0.1) is 0 Å². The molecule has 0 rings (SSSR count). The summed E-state index contributed by atoms with van der Waals surface area (Å²) in [5.41, 5.74) is 0. The molecular weight excluding hydrogens is 508 g/mol. The van der Waals surface area contributed by atoms with Crippen LogP contribution in [-0.2, 0) is 47.7 Å². The first-order chi connectivity index (χ1) is 17.5. The molecule has 0 aliphatic carbocycles. The summed E-state index contributed by atoms with van der Waals surface area (Å²) in [4.78, 5) is 62.7. The predicted molar refractivity (Wildman–Crippen MR) is 120 cm³/mol. The van der Waals surface area contributed by atoms with Crippen molar-refractivity contribution in [2.75, 3.05) is 52.9 Å². The van der Waals surface area contributed by atoms with Gasteiger partial charge in [0.05, 0.1) is 52.1 Å². The third-order valence-electron chi connectivity index (χ3n) is 3.27. The second-order valence-corrected chi connectivity index (χ2v) is 6.42. The Morgan fingerprint density at radius 3 is 0.784 bits per heavy atom. The average molecular weight is 545 g/mol. The minimum Gasteiger partial charge on any atom is -0.481 e. The van der Waals surface area contributed by atoms with Crippen molar-refractivity contribution in [3.8, 4) is 0 Å². The molecular formula is C21H36O16. The number of carbonyl (C=O) groups excluding carboxylic acids is 4. The summed E-state index contributed by atoms with van der Waals surface area (Å²) in [6.07, 6.45) is -0.230. The molecule has 0 atom stereocenters. The number of carbonyl (C=O) groups is 6. The number of carboxylic acids is 2. The van der Waals surface area contributed by atoms with Gasteiger partial charge >= 0.3 is 35.8 Å². The minimum atomic E-state index is -0.948. The quantitative estimate of drug-likeness (QED) is 0.0805. The van der Waals surface area contributed by atoms with Crippen LogP contribution in [0.4, 0.5) is 0 Å². The van der Waals surface area contributed by atoms with Gasteiger partial charge < -0.3 is 49.6 Å². The third-order valence-corrected chi connectivity index (χ3v) is 3.27. The summed E-state index contributed by atoms with van der Waals surface area (Å²) in [5.74, 6) is -4.12. The summed E-state index contributed by atoms with van der Waals surface area (Å²) < 4.78 is 18.0. The average Bonchev–Trinajstić information content (AvgIpc) is 2.86. The number of ether oxygens (including phenoxy) is 4. The maximum atomic E-state index is 10.8. The van der Waals surface area contributed by atoms with Gasteiger partial charge in [-0.1, -0.05) is 0 Å². The number of carboxylic acid groups (broad SMARTS) is 2. The van der Waals surface area contributed by atoms with E-state index in [0.717, 1.165) is 0 Å². The summed E-state index contributed by atoms with van der Waals surface area (Å²) >= 11 is 0. The Labute approximate surface area is 212 Å². The third kappa shape index (κ3) is 37.4. The molecule has 0 heterocycles. The van der Waals surface area contributed by atoms with Crippen molar-refractivity contribution in [1.29, 1.82) is 0 Å². The standard InChI is InChI=1S/2C8H14O6.C5H8O4/c2*9-3-5-13-7(11)1-2-8(12)14-6-4-10;6-4(7)2-1-3-5(8)9/h2*9-10H,1-6H2;1-3H2,(H,6,7)(H,8,9). The van der Waals surface area contributed by atoms with Gasteiger partial charge in [-0.05, 0) is 6.42 Å². The Hall–Kier alpha value is -3.34. The van der Waals surface area contributed by atoms with Crippen LogP contribution in [0.15, 0.2) is 0 Å². The van der Waals surface area contributed by atoms with E-state index in [-0.39, 0.29) is 97.8 Å². The first kappa shape index (κ1) is 38.2. The molecule has 0 bridgehead atoms. The summed E-state index contributed by atoms with van der Waals surface area (Å²) in [5, 5.41) is 49.3. The zero-order valence-corrected chi connectivity index (χ0v) is 20.4. The molecule has 0 aliphatic heterocycles. The fourth-order valence-electron chi connectivity index (χ4n) is 1.73. The molecule has 0 aromatic rings. The van der Waals surface area contributed by atoms with E-state index in [9.17, 15) is 28.8 Å². The lowest BCUT2D eigenvalue weighted by Crippen LogP contribution is -2.13. The second kappa shape index (κ2) is 28.9. The summed E-state index contributed by atoms with van der Waals surface area (Å²) in [7, 11) is 0. The molecule has 0 radical (unpaired) electrons. The SMILES string of the molecule is O=C(CCC(=O)OCCO)OCCO.O=C(CCC(=O)OCCO)OCCO.O=C(O)CCCC(=O)O. The highest BCUT2D eigenvalue weighted by Crippen LogP contribution is 1.96. The predicted octanol–water partition coefficient (Wildman–Crippen LogP) is -2.00. The Balaban J connectivity index is -0.000000481. The largest absolute Gasteiger partial charge is 0.481 e. The highest BCUT2D eigenvalue weighted by atomic mass is 16.6. The van der Waals surface area contributed by atoms with Gasteiger partial charge in [0.15, 0.2) is 0 Å². The molecule has 0 amide bonds. The number of hydrogen-bond donors (Lipinski definition) is 6. The normalized spacial score (nSPS) is 9.41. The van der Waals surface area contributed by atoms with Crippen molar-refractivity contribution >= 4 is 35.8 Å². The van der Waals surface area contributed by atoms with Gasteiger partial charge in [-0.25, -0.2) is 0 Å². The maximum absolute atomic E-state index is 10.8. The van der Waals surface area contributed by atoms with E-state index in [1.807, 2.05) is 0 Å². The Kier molecular flexibility index (Phi) is 29.8. The smallest absolute Gasteiger partial charge is 0.306 e. The number of aliphatic carboxylic acids is 2. The van der Waals surface area contributed by atoms with E-state index in [2.05, 4.69) is 18.9 Å². The van der Waals surface area contributed by atoms with Crippen LogP contribution >= 0.6 is 0 Å². The van der Waals surface area contributed by atoms with E-state index in [1.54, 1.807) is 0 Å².